The summed E-state index contributed by atoms with van der Waals surface area (Å²) in [5.74, 6) is 1.37. The number of benzene rings is 2. The van der Waals surface area contributed by atoms with E-state index >= 15 is 0 Å². The highest BCUT2D eigenvalue weighted by Gasteiger charge is 2.18. The number of urea groups is 1. The first kappa shape index (κ1) is 18.1. The maximum absolute atomic E-state index is 12.1. The smallest absolute Gasteiger partial charge is 0.319 e. The first-order valence-electron chi connectivity index (χ1n) is 9.18. The average molecular weight is 354 g/mol. The van der Waals surface area contributed by atoms with Crippen molar-refractivity contribution in [1.29, 1.82) is 0 Å². The summed E-state index contributed by atoms with van der Waals surface area (Å²) in [6.07, 6.45) is 5.58. The van der Waals surface area contributed by atoms with Crippen molar-refractivity contribution in [3.8, 4) is 11.5 Å². The number of methoxy groups -OCH3 is 1. The molecule has 1 aliphatic rings. The minimum absolute atomic E-state index is 0.224. The number of hydrogen-bond donors (Lipinski definition) is 2. The zero-order chi connectivity index (χ0) is 18.2. The van der Waals surface area contributed by atoms with E-state index in [1.165, 1.54) is 18.4 Å². The first-order valence-corrected chi connectivity index (χ1v) is 9.18. The third-order valence-corrected chi connectivity index (χ3v) is 4.56. The Kier molecular flexibility index (Phi) is 6.36. The van der Waals surface area contributed by atoms with E-state index in [0.29, 0.717) is 23.7 Å². The second-order valence-electron chi connectivity index (χ2n) is 6.51. The summed E-state index contributed by atoms with van der Waals surface area (Å²) in [7, 11) is 1.63. The van der Waals surface area contributed by atoms with E-state index in [0.717, 1.165) is 19.3 Å². The molecule has 0 aliphatic heterocycles. The van der Waals surface area contributed by atoms with Crippen molar-refractivity contribution in [3.63, 3.8) is 0 Å². The van der Waals surface area contributed by atoms with Gasteiger partial charge in [0.2, 0.25) is 0 Å². The van der Waals surface area contributed by atoms with Crippen LogP contribution in [0.15, 0.2) is 48.5 Å². The highest BCUT2D eigenvalue weighted by molar-refractivity contribution is 5.89. The number of rotatable bonds is 7. The zero-order valence-electron chi connectivity index (χ0n) is 15.2. The lowest BCUT2D eigenvalue weighted by Crippen LogP contribution is -2.30. The Hall–Kier alpha value is -2.69. The number of amides is 2. The molecule has 3 rings (SSSR count). The van der Waals surface area contributed by atoms with Crippen LogP contribution in [0.2, 0.25) is 0 Å². The Morgan fingerprint density at radius 2 is 1.85 bits per heavy atom. The van der Waals surface area contributed by atoms with E-state index in [1.807, 2.05) is 36.4 Å². The van der Waals surface area contributed by atoms with Crippen molar-refractivity contribution in [2.75, 3.05) is 19.0 Å². The third kappa shape index (κ3) is 5.15. The Balaban J connectivity index is 1.53. The molecule has 1 saturated carbocycles. The molecule has 1 fully saturated rings. The predicted octanol–water partition coefficient (Wildman–Crippen LogP) is 4.38. The number of carbonyl (C=O) groups excluding carboxylic acids is 1. The lowest BCUT2D eigenvalue weighted by molar-refractivity contribution is 0.201. The highest BCUT2D eigenvalue weighted by atomic mass is 16.5. The summed E-state index contributed by atoms with van der Waals surface area (Å²) in [5.41, 5.74) is 1.89. The topological polar surface area (TPSA) is 59.6 Å². The zero-order valence-corrected chi connectivity index (χ0v) is 15.2. The van der Waals surface area contributed by atoms with Crippen LogP contribution in [0, 0.1) is 0 Å². The van der Waals surface area contributed by atoms with Crippen LogP contribution < -0.4 is 20.1 Å². The molecule has 5 heteroatoms. The van der Waals surface area contributed by atoms with Gasteiger partial charge in [0.25, 0.3) is 0 Å². The summed E-state index contributed by atoms with van der Waals surface area (Å²) in [4.78, 5) is 12.1. The summed E-state index contributed by atoms with van der Waals surface area (Å²) < 4.78 is 11.4. The van der Waals surface area contributed by atoms with E-state index in [4.69, 9.17) is 9.47 Å². The molecule has 0 radical (unpaired) electrons. The fraction of sp³-hybridized carbons (Fsp3) is 0.381. The molecule has 2 aromatic rings. The van der Waals surface area contributed by atoms with Gasteiger partial charge in [0.1, 0.15) is 0 Å². The number of carbonyl (C=O) groups is 1. The van der Waals surface area contributed by atoms with Gasteiger partial charge in [-0.3, -0.25) is 0 Å². The van der Waals surface area contributed by atoms with Gasteiger partial charge < -0.3 is 20.1 Å². The molecule has 0 aromatic heterocycles. The van der Waals surface area contributed by atoms with Gasteiger partial charge in [-0.15, -0.1) is 0 Å². The van der Waals surface area contributed by atoms with Gasteiger partial charge in [0.05, 0.1) is 13.2 Å². The van der Waals surface area contributed by atoms with E-state index in [-0.39, 0.29) is 12.1 Å². The van der Waals surface area contributed by atoms with E-state index < -0.39 is 0 Å². The van der Waals surface area contributed by atoms with Crippen LogP contribution in [-0.2, 0) is 6.42 Å². The molecule has 0 saturated heterocycles. The molecule has 138 valence electrons. The molecule has 1 aliphatic carbocycles. The van der Waals surface area contributed by atoms with Crippen molar-refractivity contribution in [3.05, 3.63) is 54.1 Å². The monoisotopic (exact) mass is 354 g/mol. The lowest BCUT2D eigenvalue weighted by Gasteiger charge is -2.17. The van der Waals surface area contributed by atoms with Gasteiger partial charge in [-0.25, -0.2) is 4.79 Å². The summed E-state index contributed by atoms with van der Waals surface area (Å²) >= 11 is 0. The molecule has 26 heavy (non-hydrogen) atoms. The standard InChI is InChI=1S/C21H26N2O3/c1-25-19-12-11-17(15-20(19)26-18-9-5-6-10-18)23-21(24)22-14-13-16-7-3-2-4-8-16/h2-4,7-8,11-12,15,18H,5-6,9-10,13-14H2,1H3,(H2,22,23,24). The van der Waals surface area contributed by atoms with Crippen molar-refractivity contribution in [1.82, 2.24) is 5.32 Å². The summed E-state index contributed by atoms with van der Waals surface area (Å²) in [6.45, 7) is 0.581. The van der Waals surface area contributed by atoms with E-state index in [1.54, 1.807) is 7.11 Å². The van der Waals surface area contributed by atoms with Gasteiger partial charge in [-0.1, -0.05) is 30.3 Å². The Bertz CT molecular complexity index is 712. The van der Waals surface area contributed by atoms with Gasteiger partial charge in [0, 0.05) is 18.3 Å². The second-order valence-corrected chi connectivity index (χ2v) is 6.51. The largest absolute Gasteiger partial charge is 0.493 e. The van der Waals surface area contributed by atoms with Crippen LogP contribution in [0.3, 0.4) is 0 Å². The van der Waals surface area contributed by atoms with Crippen molar-refractivity contribution in [2.24, 2.45) is 0 Å². The number of hydrogen-bond acceptors (Lipinski definition) is 3. The quantitative estimate of drug-likeness (QED) is 0.776. The molecule has 0 spiro atoms. The molecule has 2 N–H and O–H groups in total. The normalized spacial score (nSPS) is 14.0. The van der Waals surface area contributed by atoms with Crippen LogP contribution in [0.25, 0.3) is 0 Å². The number of nitrogens with one attached hydrogen (secondary N) is 2. The highest BCUT2D eigenvalue weighted by Crippen LogP contribution is 2.33. The van der Waals surface area contributed by atoms with Crippen LogP contribution in [0.5, 0.6) is 11.5 Å². The number of anilines is 1. The van der Waals surface area contributed by atoms with Crippen LogP contribution >= 0.6 is 0 Å². The molecular formula is C21H26N2O3. The molecule has 0 atom stereocenters. The molecule has 2 amide bonds. The molecule has 5 nitrogen and oxygen atoms in total. The second kappa shape index (κ2) is 9.13. The maximum Gasteiger partial charge on any atom is 0.319 e. The number of ether oxygens (including phenoxy) is 2. The minimum atomic E-state index is -0.224. The predicted molar refractivity (Wildman–Crippen MR) is 103 cm³/mol. The SMILES string of the molecule is COc1ccc(NC(=O)NCCc2ccccc2)cc1OC1CCCC1. The molecular weight excluding hydrogens is 328 g/mol. The molecule has 0 heterocycles. The van der Waals surface area contributed by atoms with Crippen molar-refractivity contribution >= 4 is 11.7 Å². The Morgan fingerprint density at radius 1 is 1.08 bits per heavy atom. The first-order chi connectivity index (χ1) is 12.7. The third-order valence-electron chi connectivity index (χ3n) is 4.56. The lowest BCUT2D eigenvalue weighted by atomic mass is 10.1. The van der Waals surface area contributed by atoms with Gasteiger partial charge >= 0.3 is 6.03 Å². The molecule has 0 unspecified atom stereocenters. The van der Waals surface area contributed by atoms with Gasteiger partial charge in [-0.05, 0) is 49.8 Å². The maximum atomic E-state index is 12.1. The van der Waals surface area contributed by atoms with Crippen LogP contribution in [-0.4, -0.2) is 25.8 Å². The van der Waals surface area contributed by atoms with Crippen LogP contribution in [0.4, 0.5) is 10.5 Å². The fourth-order valence-electron chi connectivity index (χ4n) is 3.17. The Labute approximate surface area is 154 Å². The summed E-state index contributed by atoms with van der Waals surface area (Å²) in [6, 6.07) is 15.3. The fourth-order valence-corrected chi connectivity index (χ4v) is 3.17. The molecule has 2 aromatic carbocycles. The van der Waals surface area contributed by atoms with E-state index in [9.17, 15) is 4.79 Å². The molecule has 0 bridgehead atoms. The van der Waals surface area contributed by atoms with Crippen LogP contribution in [0.1, 0.15) is 31.2 Å². The average Bonchev–Trinajstić information content (AvgIpc) is 3.16. The summed E-state index contributed by atoms with van der Waals surface area (Å²) in [5, 5.41) is 5.74. The van der Waals surface area contributed by atoms with Crippen molar-refractivity contribution < 1.29 is 14.3 Å². The Morgan fingerprint density at radius 3 is 2.58 bits per heavy atom. The van der Waals surface area contributed by atoms with Gasteiger partial charge in [0.15, 0.2) is 11.5 Å². The van der Waals surface area contributed by atoms with E-state index in [2.05, 4.69) is 22.8 Å². The van der Waals surface area contributed by atoms with Crippen molar-refractivity contribution in [2.45, 2.75) is 38.2 Å². The van der Waals surface area contributed by atoms with Gasteiger partial charge in [-0.2, -0.15) is 0 Å². The minimum Gasteiger partial charge on any atom is -0.493 e.